The van der Waals surface area contributed by atoms with Gasteiger partial charge >= 0.3 is 0 Å². The Hall–Kier alpha value is -3.93. The average Bonchev–Trinajstić information content (AvgIpc) is 3.60. The molecule has 6 nitrogen and oxygen atoms in total. The number of carbonyl (C=O) groups excluding carboxylic acids is 1. The van der Waals surface area contributed by atoms with Gasteiger partial charge in [-0.25, -0.2) is 9.67 Å². The molecule has 1 atom stereocenters. The topological polar surface area (TPSA) is 63.1 Å². The van der Waals surface area contributed by atoms with Gasteiger partial charge in [0.2, 0.25) is 5.91 Å². The quantitative estimate of drug-likeness (QED) is 0.263. The summed E-state index contributed by atoms with van der Waals surface area (Å²) in [7, 11) is 0. The summed E-state index contributed by atoms with van der Waals surface area (Å²) < 4.78 is 1.96. The van der Waals surface area contributed by atoms with Crippen molar-refractivity contribution in [2.24, 2.45) is 0 Å². The molecule has 0 radical (unpaired) electrons. The number of carbonyl (C=O) groups is 1. The number of rotatable bonds is 7. The van der Waals surface area contributed by atoms with Crippen LogP contribution >= 0.6 is 0 Å². The Bertz CT molecular complexity index is 1560. The van der Waals surface area contributed by atoms with Crippen LogP contribution in [-0.2, 0) is 17.6 Å². The monoisotopic (exact) mass is 547 g/mol. The van der Waals surface area contributed by atoms with Crippen LogP contribution in [0.2, 0.25) is 0 Å². The van der Waals surface area contributed by atoms with Crippen molar-refractivity contribution >= 4 is 11.6 Å². The number of piperidine rings is 1. The third-order valence-electron chi connectivity index (χ3n) is 8.98. The molecule has 1 amide bonds. The lowest BCUT2D eigenvalue weighted by molar-refractivity contribution is -0.131. The molecule has 2 aliphatic rings. The van der Waals surface area contributed by atoms with Crippen LogP contribution in [0.1, 0.15) is 85.1 Å². The van der Waals surface area contributed by atoms with Gasteiger partial charge in [0.1, 0.15) is 0 Å². The number of benzene rings is 2. The lowest BCUT2D eigenvalue weighted by atomic mass is 9.88. The van der Waals surface area contributed by atoms with E-state index in [0.29, 0.717) is 12.3 Å². The SMILES string of the molecule is CCC(=O)N1CCC(c2ccc(NC3CCc4cccc(-c5cccc(-n6nc(CC)cc6C)n5)c43)c(C)c2)CC1. The number of pyridine rings is 1. The van der Waals surface area contributed by atoms with E-state index in [4.69, 9.17) is 10.1 Å². The van der Waals surface area contributed by atoms with Crippen LogP contribution in [0.4, 0.5) is 5.69 Å². The highest BCUT2D eigenvalue weighted by atomic mass is 16.2. The van der Waals surface area contributed by atoms with Crippen molar-refractivity contribution in [3.63, 3.8) is 0 Å². The number of aryl methyl sites for hydroxylation is 4. The van der Waals surface area contributed by atoms with Gasteiger partial charge in [0.25, 0.3) is 0 Å². The number of likely N-dealkylation sites (tertiary alicyclic amines) is 1. The van der Waals surface area contributed by atoms with E-state index in [-0.39, 0.29) is 11.9 Å². The van der Waals surface area contributed by atoms with Gasteiger partial charge in [-0.05, 0) is 98.4 Å². The van der Waals surface area contributed by atoms with Crippen molar-refractivity contribution in [1.82, 2.24) is 19.7 Å². The highest BCUT2D eigenvalue weighted by molar-refractivity contribution is 5.76. The van der Waals surface area contributed by atoms with Crippen LogP contribution in [0.5, 0.6) is 0 Å². The summed E-state index contributed by atoms with van der Waals surface area (Å²) in [6, 6.07) is 22.2. The van der Waals surface area contributed by atoms with Gasteiger partial charge in [-0.1, -0.05) is 50.2 Å². The summed E-state index contributed by atoms with van der Waals surface area (Å²) in [5.74, 6) is 1.66. The van der Waals surface area contributed by atoms with Crippen molar-refractivity contribution in [1.29, 1.82) is 0 Å². The zero-order chi connectivity index (χ0) is 28.5. The first kappa shape index (κ1) is 27.3. The minimum absolute atomic E-state index is 0.234. The van der Waals surface area contributed by atoms with E-state index >= 15 is 0 Å². The van der Waals surface area contributed by atoms with Crippen molar-refractivity contribution < 1.29 is 4.79 Å². The Kier molecular flexibility index (Phi) is 7.65. The lowest BCUT2D eigenvalue weighted by Crippen LogP contribution is -2.37. The molecule has 1 fully saturated rings. The van der Waals surface area contributed by atoms with Crippen molar-refractivity contribution in [3.05, 3.63) is 94.3 Å². The summed E-state index contributed by atoms with van der Waals surface area (Å²) in [6.45, 7) is 10.1. The molecular formula is C35H41N5O. The zero-order valence-electron chi connectivity index (χ0n) is 24.8. The minimum atomic E-state index is 0.234. The van der Waals surface area contributed by atoms with Crippen LogP contribution in [0.3, 0.4) is 0 Å². The van der Waals surface area contributed by atoms with Crippen LogP contribution in [0, 0.1) is 13.8 Å². The number of nitrogens with zero attached hydrogens (tertiary/aromatic N) is 4. The first-order chi connectivity index (χ1) is 19.9. The summed E-state index contributed by atoms with van der Waals surface area (Å²) >= 11 is 0. The molecular weight excluding hydrogens is 506 g/mol. The Morgan fingerprint density at radius 1 is 0.976 bits per heavy atom. The van der Waals surface area contributed by atoms with Crippen molar-refractivity contribution in [2.75, 3.05) is 18.4 Å². The normalized spacial score (nSPS) is 17.1. The maximum atomic E-state index is 12.1. The smallest absolute Gasteiger partial charge is 0.222 e. The van der Waals surface area contributed by atoms with Crippen molar-refractivity contribution in [2.45, 2.75) is 78.2 Å². The molecule has 4 aromatic rings. The molecule has 6 heteroatoms. The third kappa shape index (κ3) is 5.40. The highest BCUT2D eigenvalue weighted by Gasteiger charge is 2.28. The molecule has 0 spiro atoms. The predicted molar refractivity (Wildman–Crippen MR) is 166 cm³/mol. The van der Waals surface area contributed by atoms with E-state index in [0.717, 1.165) is 68.1 Å². The van der Waals surface area contributed by atoms with E-state index in [1.165, 1.54) is 33.5 Å². The maximum Gasteiger partial charge on any atom is 0.222 e. The zero-order valence-corrected chi connectivity index (χ0v) is 24.8. The molecule has 0 bridgehead atoms. The van der Waals surface area contributed by atoms with Crippen LogP contribution in [-0.4, -0.2) is 38.7 Å². The van der Waals surface area contributed by atoms with E-state index < -0.39 is 0 Å². The lowest BCUT2D eigenvalue weighted by Gasteiger charge is -2.32. The van der Waals surface area contributed by atoms with E-state index in [1.807, 2.05) is 22.6 Å². The number of amides is 1. The summed E-state index contributed by atoms with van der Waals surface area (Å²) in [5, 5.41) is 8.67. The first-order valence-corrected chi connectivity index (χ1v) is 15.2. The number of aromatic nitrogens is 3. The number of nitrogens with one attached hydrogen (secondary N) is 1. The molecule has 6 rings (SSSR count). The van der Waals surface area contributed by atoms with Gasteiger partial charge in [-0.2, -0.15) is 5.10 Å². The van der Waals surface area contributed by atoms with Gasteiger partial charge < -0.3 is 10.2 Å². The second-order valence-corrected chi connectivity index (χ2v) is 11.6. The first-order valence-electron chi connectivity index (χ1n) is 15.2. The van der Waals surface area contributed by atoms with Gasteiger partial charge in [-0.15, -0.1) is 0 Å². The third-order valence-corrected chi connectivity index (χ3v) is 8.98. The number of fused-ring (bicyclic) bond motifs is 1. The standard InChI is InChI=1S/C35H41N5O/c1-5-28-22-24(4)40(38-28)33-12-8-11-31(37-33)29-10-7-9-26-13-16-32(35(26)29)36-30-15-14-27(21-23(30)3)25-17-19-39(20-18-25)34(41)6-2/h7-12,14-15,21-22,25,32,36H,5-6,13,16-20H2,1-4H3. The number of anilines is 1. The van der Waals surface area contributed by atoms with Gasteiger partial charge in [0, 0.05) is 36.5 Å². The summed E-state index contributed by atoms with van der Waals surface area (Å²) in [6.07, 6.45) is 5.72. The van der Waals surface area contributed by atoms with Crippen LogP contribution in [0.25, 0.3) is 17.1 Å². The molecule has 3 heterocycles. The fraction of sp³-hybridized carbons (Fsp3) is 0.400. The van der Waals surface area contributed by atoms with Gasteiger partial charge in [0.05, 0.1) is 17.4 Å². The van der Waals surface area contributed by atoms with Crippen LogP contribution < -0.4 is 5.32 Å². The Balaban J connectivity index is 1.23. The second kappa shape index (κ2) is 11.5. The Morgan fingerprint density at radius 2 is 1.78 bits per heavy atom. The molecule has 1 saturated heterocycles. The molecule has 1 aliphatic carbocycles. The number of hydrogen-bond donors (Lipinski definition) is 1. The summed E-state index contributed by atoms with van der Waals surface area (Å²) in [5.41, 5.74) is 11.0. The fourth-order valence-electron chi connectivity index (χ4n) is 6.67. The molecule has 2 aromatic carbocycles. The predicted octanol–water partition coefficient (Wildman–Crippen LogP) is 7.33. The largest absolute Gasteiger partial charge is 0.378 e. The van der Waals surface area contributed by atoms with Gasteiger partial charge in [-0.3, -0.25) is 4.79 Å². The van der Waals surface area contributed by atoms with Gasteiger partial charge in [0.15, 0.2) is 5.82 Å². The molecule has 2 aromatic heterocycles. The van der Waals surface area contributed by atoms with Crippen molar-refractivity contribution in [3.8, 4) is 17.1 Å². The van der Waals surface area contributed by atoms with Crippen LogP contribution in [0.15, 0.2) is 60.7 Å². The average molecular weight is 548 g/mol. The Labute approximate surface area is 243 Å². The molecule has 41 heavy (non-hydrogen) atoms. The molecule has 1 unspecified atom stereocenters. The molecule has 212 valence electrons. The molecule has 0 saturated carbocycles. The summed E-state index contributed by atoms with van der Waals surface area (Å²) in [4.78, 5) is 19.2. The molecule has 1 N–H and O–H groups in total. The van der Waals surface area contributed by atoms with E-state index in [1.54, 1.807) is 0 Å². The fourth-order valence-corrected chi connectivity index (χ4v) is 6.67. The second-order valence-electron chi connectivity index (χ2n) is 11.6. The minimum Gasteiger partial charge on any atom is -0.378 e. The van der Waals surface area contributed by atoms with E-state index in [2.05, 4.69) is 80.7 Å². The maximum absolute atomic E-state index is 12.1. The number of hydrogen-bond acceptors (Lipinski definition) is 4. The highest BCUT2D eigenvalue weighted by Crippen LogP contribution is 2.41. The van der Waals surface area contributed by atoms with E-state index in [9.17, 15) is 4.79 Å². The molecule has 1 aliphatic heterocycles. The Morgan fingerprint density at radius 3 is 2.51 bits per heavy atom.